The summed E-state index contributed by atoms with van der Waals surface area (Å²) in [5.41, 5.74) is 0.357. The summed E-state index contributed by atoms with van der Waals surface area (Å²) in [6, 6.07) is 9.48. The monoisotopic (exact) mass is 261 g/mol. The zero-order valence-electron chi connectivity index (χ0n) is 10.8. The van der Waals surface area contributed by atoms with Gasteiger partial charge in [-0.1, -0.05) is 25.5 Å². The van der Waals surface area contributed by atoms with E-state index >= 15 is 0 Å². The van der Waals surface area contributed by atoms with Crippen molar-refractivity contribution in [2.45, 2.75) is 19.8 Å². The molecule has 3 nitrogen and oxygen atoms in total. The van der Waals surface area contributed by atoms with Crippen molar-refractivity contribution in [3.63, 3.8) is 0 Å². The Hall–Kier alpha value is -2.10. The number of nitrogens with one attached hydrogen (secondary N) is 1. The van der Waals surface area contributed by atoms with Gasteiger partial charge in [-0.25, -0.2) is 4.39 Å². The lowest BCUT2D eigenvalue weighted by Gasteiger charge is -2.01. The third kappa shape index (κ3) is 3.22. The molecule has 1 aromatic carbocycles. The first-order valence-corrected chi connectivity index (χ1v) is 6.35. The average Bonchev–Trinajstić information content (AvgIpc) is 2.89. The molecule has 19 heavy (non-hydrogen) atoms. The van der Waals surface area contributed by atoms with Crippen LogP contribution in [0, 0.1) is 5.82 Å². The van der Waals surface area contributed by atoms with Crippen LogP contribution in [0.3, 0.4) is 0 Å². The fraction of sp³-hybridized carbons (Fsp3) is 0.267. The van der Waals surface area contributed by atoms with Crippen LogP contribution in [0.15, 0.2) is 40.8 Å². The number of hydrogen-bond donors (Lipinski definition) is 1. The van der Waals surface area contributed by atoms with E-state index in [0.717, 1.165) is 12.8 Å². The number of rotatable bonds is 5. The van der Waals surface area contributed by atoms with Crippen LogP contribution in [0.4, 0.5) is 4.39 Å². The number of hydrogen-bond acceptors (Lipinski definition) is 2. The van der Waals surface area contributed by atoms with Gasteiger partial charge in [-0.15, -0.1) is 0 Å². The molecule has 0 radical (unpaired) electrons. The van der Waals surface area contributed by atoms with E-state index in [1.165, 1.54) is 6.07 Å². The Bertz CT molecular complexity index is 563. The molecule has 0 unspecified atom stereocenters. The third-order valence-electron chi connectivity index (χ3n) is 2.78. The van der Waals surface area contributed by atoms with Crippen LogP contribution in [-0.2, 0) is 0 Å². The lowest BCUT2D eigenvalue weighted by Crippen LogP contribution is -2.23. The molecule has 0 spiro atoms. The first-order valence-electron chi connectivity index (χ1n) is 6.35. The molecule has 1 aromatic heterocycles. The van der Waals surface area contributed by atoms with Gasteiger partial charge in [-0.2, -0.15) is 0 Å². The van der Waals surface area contributed by atoms with Crippen molar-refractivity contribution in [1.29, 1.82) is 0 Å². The van der Waals surface area contributed by atoms with E-state index in [2.05, 4.69) is 12.2 Å². The van der Waals surface area contributed by atoms with E-state index in [-0.39, 0.29) is 17.5 Å². The molecule has 0 saturated heterocycles. The molecule has 4 heteroatoms. The molecule has 0 aliphatic carbocycles. The van der Waals surface area contributed by atoms with Crippen LogP contribution in [0.1, 0.15) is 30.3 Å². The molecule has 2 rings (SSSR count). The van der Waals surface area contributed by atoms with Gasteiger partial charge in [0.05, 0.1) is 5.56 Å². The fourth-order valence-corrected chi connectivity index (χ4v) is 1.73. The predicted octanol–water partition coefficient (Wildman–Crippen LogP) is 3.62. The molecule has 1 heterocycles. The zero-order valence-corrected chi connectivity index (χ0v) is 10.8. The van der Waals surface area contributed by atoms with E-state index in [0.29, 0.717) is 17.9 Å². The second-order valence-electron chi connectivity index (χ2n) is 4.25. The van der Waals surface area contributed by atoms with E-state index < -0.39 is 0 Å². The first kappa shape index (κ1) is 13.3. The van der Waals surface area contributed by atoms with Gasteiger partial charge in [0.1, 0.15) is 11.6 Å². The molecule has 1 amide bonds. The maximum Gasteiger partial charge on any atom is 0.287 e. The Morgan fingerprint density at radius 3 is 2.79 bits per heavy atom. The lowest BCUT2D eigenvalue weighted by molar-refractivity contribution is 0.0926. The van der Waals surface area contributed by atoms with Crippen molar-refractivity contribution < 1.29 is 13.6 Å². The summed E-state index contributed by atoms with van der Waals surface area (Å²) in [7, 11) is 0. The van der Waals surface area contributed by atoms with Crippen molar-refractivity contribution in [1.82, 2.24) is 5.32 Å². The summed E-state index contributed by atoms with van der Waals surface area (Å²) in [6.45, 7) is 2.67. The SMILES string of the molecule is CCCCNC(=O)c1ccc(-c2ccccc2F)o1. The number of furan rings is 1. The van der Waals surface area contributed by atoms with E-state index in [9.17, 15) is 9.18 Å². The summed E-state index contributed by atoms with van der Waals surface area (Å²) in [5, 5.41) is 2.75. The molecular formula is C15H16FNO2. The molecule has 1 N–H and O–H groups in total. The van der Waals surface area contributed by atoms with Crippen LogP contribution < -0.4 is 5.32 Å². The number of benzene rings is 1. The van der Waals surface area contributed by atoms with Gasteiger partial charge in [-0.05, 0) is 30.7 Å². The topological polar surface area (TPSA) is 42.2 Å². The largest absolute Gasteiger partial charge is 0.451 e. The minimum atomic E-state index is -0.366. The molecule has 2 aromatic rings. The van der Waals surface area contributed by atoms with Gasteiger partial charge in [0.2, 0.25) is 0 Å². The highest BCUT2D eigenvalue weighted by molar-refractivity contribution is 5.92. The summed E-state index contributed by atoms with van der Waals surface area (Å²) in [5.74, 6) is -0.0704. The maximum atomic E-state index is 13.6. The number of amides is 1. The highest BCUT2D eigenvalue weighted by Gasteiger charge is 2.13. The van der Waals surface area contributed by atoms with Gasteiger partial charge in [0.15, 0.2) is 5.76 Å². The standard InChI is InChI=1S/C15H16FNO2/c1-2-3-10-17-15(18)14-9-8-13(19-14)11-6-4-5-7-12(11)16/h4-9H,2-3,10H2,1H3,(H,17,18). The van der Waals surface area contributed by atoms with Crippen LogP contribution >= 0.6 is 0 Å². The Kier molecular flexibility index (Phi) is 4.34. The van der Waals surface area contributed by atoms with Gasteiger partial charge >= 0.3 is 0 Å². The summed E-state index contributed by atoms with van der Waals surface area (Å²) in [6.07, 6.45) is 1.94. The van der Waals surface area contributed by atoms with Crippen molar-refractivity contribution in [3.8, 4) is 11.3 Å². The summed E-state index contributed by atoms with van der Waals surface area (Å²) >= 11 is 0. The molecule has 0 aliphatic rings. The molecule has 0 fully saturated rings. The Morgan fingerprint density at radius 2 is 2.05 bits per heavy atom. The number of unbranched alkanes of at least 4 members (excludes halogenated alkanes) is 1. The van der Waals surface area contributed by atoms with Gasteiger partial charge in [0.25, 0.3) is 5.91 Å². The van der Waals surface area contributed by atoms with Crippen molar-refractivity contribution >= 4 is 5.91 Å². The Balaban J connectivity index is 2.11. The first-order chi connectivity index (χ1) is 9.22. The molecule has 0 saturated carbocycles. The predicted molar refractivity (Wildman–Crippen MR) is 71.3 cm³/mol. The van der Waals surface area contributed by atoms with Crippen LogP contribution in [0.5, 0.6) is 0 Å². The molecule has 0 aliphatic heterocycles. The summed E-state index contributed by atoms with van der Waals surface area (Å²) < 4.78 is 19.0. The van der Waals surface area contributed by atoms with Crippen molar-refractivity contribution in [2.24, 2.45) is 0 Å². The average molecular weight is 261 g/mol. The van der Waals surface area contributed by atoms with Crippen LogP contribution in [0.25, 0.3) is 11.3 Å². The number of carbonyl (C=O) groups excluding carboxylic acids is 1. The maximum absolute atomic E-state index is 13.6. The van der Waals surface area contributed by atoms with Crippen LogP contribution in [0.2, 0.25) is 0 Å². The highest BCUT2D eigenvalue weighted by Crippen LogP contribution is 2.24. The van der Waals surface area contributed by atoms with Crippen molar-refractivity contribution in [3.05, 3.63) is 48.0 Å². The molecular weight excluding hydrogens is 245 g/mol. The molecule has 100 valence electrons. The number of halogens is 1. The Labute approximate surface area is 111 Å². The third-order valence-corrected chi connectivity index (χ3v) is 2.78. The zero-order chi connectivity index (χ0) is 13.7. The van der Waals surface area contributed by atoms with Crippen LogP contribution in [-0.4, -0.2) is 12.5 Å². The minimum Gasteiger partial charge on any atom is -0.451 e. The van der Waals surface area contributed by atoms with Gasteiger partial charge in [0, 0.05) is 6.54 Å². The quantitative estimate of drug-likeness (QED) is 0.835. The highest BCUT2D eigenvalue weighted by atomic mass is 19.1. The Morgan fingerprint density at radius 1 is 1.26 bits per heavy atom. The molecule has 0 bridgehead atoms. The fourth-order valence-electron chi connectivity index (χ4n) is 1.73. The van der Waals surface area contributed by atoms with Gasteiger partial charge < -0.3 is 9.73 Å². The second-order valence-corrected chi connectivity index (χ2v) is 4.25. The number of carbonyl (C=O) groups is 1. The normalized spacial score (nSPS) is 10.4. The van der Waals surface area contributed by atoms with Crippen molar-refractivity contribution in [2.75, 3.05) is 6.54 Å². The minimum absolute atomic E-state index is 0.203. The lowest BCUT2D eigenvalue weighted by atomic mass is 10.1. The van der Waals surface area contributed by atoms with Gasteiger partial charge in [-0.3, -0.25) is 4.79 Å². The van der Waals surface area contributed by atoms with E-state index in [1.54, 1.807) is 30.3 Å². The smallest absolute Gasteiger partial charge is 0.287 e. The van der Waals surface area contributed by atoms with E-state index in [4.69, 9.17) is 4.42 Å². The molecule has 0 atom stereocenters. The second kappa shape index (κ2) is 6.18. The summed E-state index contributed by atoms with van der Waals surface area (Å²) in [4.78, 5) is 11.8. The van der Waals surface area contributed by atoms with E-state index in [1.807, 2.05) is 0 Å².